The van der Waals surface area contributed by atoms with E-state index in [2.05, 4.69) is 39.8 Å². The lowest BCUT2D eigenvalue weighted by Gasteiger charge is -2.32. The van der Waals surface area contributed by atoms with Crippen molar-refractivity contribution < 1.29 is 14.3 Å². The molecule has 168 valence electrons. The molecule has 0 spiro atoms. The van der Waals surface area contributed by atoms with Crippen LogP contribution in [0.5, 0.6) is 5.75 Å². The average Bonchev–Trinajstić information content (AvgIpc) is 3.67. The zero-order valence-electron chi connectivity index (χ0n) is 18.6. The molecule has 0 atom stereocenters. The molecule has 1 aliphatic carbocycles. The van der Waals surface area contributed by atoms with Crippen LogP contribution in [0.25, 0.3) is 0 Å². The molecule has 1 aliphatic heterocycles. The highest BCUT2D eigenvalue weighted by Gasteiger charge is 2.27. The van der Waals surface area contributed by atoms with Crippen molar-refractivity contribution >= 4 is 23.2 Å². The van der Waals surface area contributed by atoms with Gasteiger partial charge in [-0.3, -0.25) is 9.59 Å². The number of fused-ring (bicyclic) bond motifs is 1. The molecule has 33 heavy (non-hydrogen) atoms. The van der Waals surface area contributed by atoms with Gasteiger partial charge >= 0.3 is 0 Å². The fraction of sp³-hybridized carbons (Fsp3) is 0.259. The van der Waals surface area contributed by atoms with Gasteiger partial charge in [0.25, 0.3) is 11.8 Å². The van der Waals surface area contributed by atoms with Crippen molar-refractivity contribution in [2.75, 3.05) is 23.9 Å². The summed E-state index contributed by atoms with van der Waals surface area (Å²) in [6, 6.07) is 21.2. The second kappa shape index (κ2) is 8.98. The Balaban J connectivity index is 1.41. The van der Waals surface area contributed by atoms with Crippen LogP contribution in [0, 0.1) is 0 Å². The summed E-state index contributed by atoms with van der Waals surface area (Å²) in [4.78, 5) is 28.1. The molecule has 2 amide bonds. The zero-order chi connectivity index (χ0) is 22.8. The van der Waals surface area contributed by atoms with Gasteiger partial charge in [0, 0.05) is 36.1 Å². The van der Waals surface area contributed by atoms with Gasteiger partial charge in [-0.1, -0.05) is 24.3 Å². The van der Waals surface area contributed by atoms with Crippen LogP contribution in [0.4, 0.5) is 11.4 Å². The Morgan fingerprint density at radius 2 is 1.70 bits per heavy atom. The van der Waals surface area contributed by atoms with Gasteiger partial charge in [0.15, 0.2) is 0 Å². The van der Waals surface area contributed by atoms with Gasteiger partial charge in [0.05, 0.1) is 12.7 Å². The molecule has 0 bridgehead atoms. The lowest BCUT2D eigenvalue weighted by Crippen LogP contribution is -2.33. The number of benzene rings is 3. The van der Waals surface area contributed by atoms with Crippen LogP contribution in [0.2, 0.25) is 0 Å². The van der Waals surface area contributed by atoms with Crippen LogP contribution in [0.1, 0.15) is 44.7 Å². The largest absolute Gasteiger partial charge is 0.497 e. The fourth-order valence-corrected chi connectivity index (χ4v) is 4.21. The lowest BCUT2D eigenvalue weighted by molar-refractivity contribution is 0.0950. The third-order valence-corrected chi connectivity index (χ3v) is 6.24. The molecule has 6 heteroatoms. The monoisotopic (exact) mass is 441 g/mol. The third kappa shape index (κ3) is 4.70. The normalized spacial score (nSPS) is 14.9. The van der Waals surface area contributed by atoms with Crippen LogP contribution in [-0.2, 0) is 13.0 Å². The van der Waals surface area contributed by atoms with Gasteiger partial charge < -0.3 is 20.3 Å². The Morgan fingerprint density at radius 1 is 0.939 bits per heavy atom. The summed E-state index contributed by atoms with van der Waals surface area (Å²) in [6.07, 6.45) is 2.98. The van der Waals surface area contributed by atoms with Gasteiger partial charge in [-0.05, 0) is 72.9 Å². The highest BCUT2D eigenvalue weighted by atomic mass is 16.5. The topological polar surface area (TPSA) is 70.7 Å². The van der Waals surface area contributed by atoms with Crippen molar-refractivity contribution in [2.24, 2.45) is 0 Å². The summed E-state index contributed by atoms with van der Waals surface area (Å²) in [5.74, 6) is 0.371. The van der Waals surface area contributed by atoms with E-state index in [-0.39, 0.29) is 17.9 Å². The van der Waals surface area contributed by atoms with E-state index in [4.69, 9.17) is 4.74 Å². The number of anilines is 2. The molecular weight excluding hydrogens is 414 g/mol. The highest BCUT2D eigenvalue weighted by Crippen LogP contribution is 2.31. The van der Waals surface area contributed by atoms with Crippen LogP contribution >= 0.6 is 0 Å². The number of ether oxygens (including phenoxy) is 1. The molecule has 1 saturated carbocycles. The van der Waals surface area contributed by atoms with Crippen molar-refractivity contribution in [3.8, 4) is 5.75 Å². The van der Waals surface area contributed by atoms with Crippen LogP contribution < -0.4 is 20.3 Å². The SMILES string of the molecule is COc1ccc(C(=O)Nc2ccc(N3CCc4ccccc4C3)c(C(=O)NC3CC3)c2)cc1. The molecule has 0 aromatic heterocycles. The first-order valence-electron chi connectivity index (χ1n) is 11.3. The summed E-state index contributed by atoms with van der Waals surface area (Å²) in [6.45, 7) is 1.61. The predicted molar refractivity (Wildman–Crippen MR) is 129 cm³/mol. The molecule has 2 N–H and O–H groups in total. The predicted octanol–water partition coefficient (Wildman–Crippen LogP) is 4.40. The number of nitrogens with one attached hydrogen (secondary N) is 2. The Kier molecular flexibility index (Phi) is 5.73. The van der Waals surface area contributed by atoms with E-state index in [1.807, 2.05) is 12.1 Å². The summed E-state index contributed by atoms with van der Waals surface area (Å²) in [5.41, 5.74) is 5.25. The standard InChI is InChI=1S/C27H27N3O3/c1-33-23-11-6-19(7-12-23)26(31)29-22-10-13-25(24(16-22)27(32)28-21-8-9-21)30-15-14-18-4-2-3-5-20(18)17-30/h2-7,10-13,16,21H,8-9,14-15,17H2,1H3,(H,28,32)(H,29,31). The summed E-state index contributed by atoms with van der Waals surface area (Å²) < 4.78 is 5.16. The zero-order valence-corrected chi connectivity index (χ0v) is 18.6. The third-order valence-electron chi connectivity index (χ3n) is 6.24. The molecule has 3 aromatic rings. The molecular formula is C27H27N3O3. The van der Waals surface area contributed by atoms with E-state index in [1.54, 1.807) is 37.4 Å². The molecule has 1 heterocycles. The molecule has 1 fully saturated rings. The van der Waals surface area contributed by atoms with E-state index < -0.39 is 0 Å². The number of carbonyl (C=O) groups is 2. The van der Waals surface area contributed by atoms with E-state index in [0.29, 0.717) is 22.6 Å². The Morgan fingerprint density at radius 3 is 2.42 bits per heavy atom. The maximum atomic E-state index is 13.1. The van der Waals surface area contributed by atoms with E-state index >= 15 is 0 Å². The Bertz CT molecular complexity index is 1190. The summed E-state index contributed by atoms with van der Waals surface area (Å²) in [5, 5.41) is 6.03. The van der Waals surface area contributed by atoms with Crippen molar-refractivity contribution in [3.05, 3.63) is 89.0 Å². The molecule has 0 saturated heterocycles. The first-order chi connectivity index (χ1) is 16.1. The van der Waals surface area contributed by atoms with Crippen molar-refractivity contribution in [3.63, 3.8) is 0 Å². The van der Waals surface area contributed by atoms with E-state index in [9.17, 15) is 9.59 Å². The number of hydrogen-bond acceptors (Lipinski definition) is 4. The molecule has 0 unspecified atom stereocenters. The Hall–Kier alpha value is -3.80. The Labute approximate surface area is 193 Å². The minimum absolute atomic E-state index is 0.0908. The van der Waals surface area contributed by atoms with Crippen LogP contribution in [0.15, 0.2) is 66.7 Å². The highest BCUT2D eigenvalue weighted by molar-refractivity contribution is 6.06. The number of rotatable bonds is 6. The molecule has 5 rings (SSSR count). The first kappa shape index (κ1) is 21.1. The van der Waals surface area contributed by atoms with E-state index in [0.717, 1.165) is 38.0 Å². The molecule has 2 aliphatic rings. The van der Waals surface area contributed by atoms with Gasteiger partial charge in [0.1, 0.15) is 5.75 Å². The van der Waals surface area contributed by atoms with Crippen molar-refractivity contribution in [1.29, 1.82) is 0 Å². The number of amides is 2. The lowest BCUT2D eigenvalue weighted by atomic mass is 9.98. The molecule has 0 radical (unpaired) electrons. The summed E-state index contributed by atoms with van der Waals surface area (Å²) in [7, 11) is 1.59. The maximum absolute atomic E-state index is 13.1. The molecule has 6 nitrogen and oxygen atoms in total. The average molecular weight is 442 g/mol. The second-order valence-corrected chi connectivity index (χ2v) is 8.60. The van der Waals surface area contributed by atoms with E-state index in [1.165, 1.54) is 11.1 Å². The smallest absolute Gasteiger partial charge is 0.255 e. The van der Waals surface area contributed by atoms with Crippen LogP contribution in [-0.4, -0.2) is 31.5 Å². The number of carbonyl (C=O) groups excluding carboxylic acids is 2. The van der Waals surface area contributed by atoms with Crippen molar-refractivity contribution in [1.82, 2.24) is 5.32 Å². The number of hydrogen-bond donors (Lipinski definition) is 2. The second-order valence-electron chi connectivity index (χ2n) is 8.60. The number of nitrogens with zero attached hydrogens (tertiary/aromatic N) is 1. The van der Waals surface area contributed by atoms with Gasteiger partial charge in [0.2, 0.25) is 0 Å². The maximum Gasteiger partial charge on any atom is 0.255 e. The van der Waals surface area contributed by atoms with Gasteiger partial charge in [-0.15, -0.1) is 0 Å². The number of methoxy groups -OCH3 is 1. The van der Waals surface area contributed by atoms with Crippen molar-refractivity contribution in [2.45, 2.75) is 31.8 Å². The quantitative estimate of drug-likeness (QED) is 0.595. The summed E-state index contributed by atoms with van der Waals surface area (Å²) >= 11 is 0. The fourth-order valence-electron chi connectivity index (χ4n) is 4.21. The molecule has 3 aromatic carbocycles. The minimum Gasteiger partial charge on any atom is -0.497 e. The van der Waals surface area contributed by atoms with Gasteiger partial charge in [-0.25, -0.2) is 0 Å². The van der Waals surface area contributed by atoms with Gasteiger partial charge in [-0.2, -0.15) is 0 Å². The minimum atomic E-state index is -0.231. The first-order valence-corrected chi connectivity index (χ1v) is 11.3. The van der Waals surface area contributed by atoms with Crippen LogP contribution in [0.3, 0.4) is 0 Å².